The first kappa shape index (κ1) is 20.0. The van der Waals surface area contributed by atoms with Gasteiger partial charge in [0.15, 0.2) is 0 Å². The summed E-state index contributed by atoms with van der Waals surface area (Å²) in [4.78, 5) is 24.8. The third kappa shape index (κ3) is 4.39. The molecule has 1 aliphatic heterocycles. The molecule has 0 saturated carbocycles. The van der Waals surface area contributed by atoms with Crippen LogP contribution in [0, 0.1) is 12.8 Å². The fourth-order valence-electron chi connectivity index (χ4n) is 3.12. The normalized spacial score (nSPS) is 17.0. The number of hydrogen-bond donors (Lipinski definition) is 1. The van der Waals surface area contributed by atoms with Crippen molar-refractivity contribution in [2.24, 2.45) is 11.0 Å². The lowest BCUT2D eigenvalue weighted by Crippen LogP contribution is -2.28. The van der Waals surface area contributed by atoms with Crippen molar-refractivity contribution >= 4 is 45.3 Å². The molecule has 0 bridgehead atoms. The van der Waals surface area contributed by atoms with Crippen molar-refractivity contribution < 1.29 is 14.7 Å². The number of halogens is 1. The number of hydrazone groups is 1. The van der Waals surface area contributed by atoms with Crippen molar-refractivity contribution in [1.29, 1.82) is 0 Å². The molecule has 1 heterocycles. The second-order valence-corrected chi connectivity index (χ2v) is 7.63. The van der Waals surface area contributed by atoms with Gasteiger partial charge >= 0.3 is 5.97 Å². The van der Waals surface area contributed by atoms with Gasteiger partial charge in [-0.15, -0.1) is 0 Å². The molecule has 5 nitrogen and oxygen atoms in total. The van der Waals surface area contributed by atoms with Crippen LogP contribution in [0.3, 0.4) is 0 Å². The average molecular weight is 441 g/mol. The molecule has 28 heavy (non-hydrogen) atoms. The molecule has 3 rings (SSSR count). The number of aliphatic carboxylic acids is 1. The summed E-state index contributed by atoms with van der Waals surface area (Å²) in [5, 5.41) is 15.5. The molecule has 0 radical (unpaired) electrons. The maximum atomic E-state index is 13.0. The van der Waals surface area contributed by atoms with Crippen molar-refractivity contribution in [1.82, 2.24) is 0 Å². The van der Waals surface area contributed by atoms with E-state index in [1.54, 1.807) is 6.08 Å². The van der Waals surface area contributed by atoms with Crippen LogP contribution in [0.1, 0.15) is 30.9 Å². The van der Waals surface area contributed by atoms with Gasteiger partial charge in [0.25, 0.3) is 5.91 Å². The minimum atomic E-state index is -1.03. The van der Waals surface area contributed by atoms with E-state index in [2.05, 4.69) is 21.0 Å². The van der Waals surface area contributed by atoms with E-state index in [0.29, 0.717) is 17.8 Å². The van der Waals surface area contributed by atoms with Gasteiger partial charge in [0.2, 0.25) is 0 Å². The zero-order valence-corrected chi connectivity index (χ0v) is 17.3. The molecule has 2 aromatic carbocycles. The van der Waals surface area contributed by atoms with Crippen LogP contribution in [0.4, 0.5) is 5.69 Å². The summed E-state index contributed by atoms with van der Waals surface area (Å²) in [7, 11) is 0. The number of carboxylic acids is 1. The number of aryl methyl sites for hydroxylation is 1. The molecule has 1 atom stereocenters. The zero-order valence-electron chi connectivity index (χ0n) is 15.7. The molecule has 1 unspecified atom stereocenters. The summed E-state index contributed by atoms with van der Waals surface area (Å²) < 4.78 is 0.918. The van der Waals surface area contributed by atoms with Gasteiger partial charge in [0, 0.05) is 10.0 Å². The molecule has 1 amide bonds. The van der Waals surface area contributed by atoms with E-state index in [1.807, 2.05) is 62.4 Å². The third-order valence-corrected chi connectivity index (χ3v) is 5.22. The van der Waals surface area contributed by atoms with Crippen molar-refractivity contribution in [3.05, 3.63) is 69.7 Å². The van der Waals surface area contributed by atoms with Crippen molar-refractivity contribution in [3.63, 3.8) is 0 Å². The van der Waals surface area contributed by atoms with E-state index in [4.69, 9.17) is 0 Å². The molecular formula is C22H21BrN2O3. The van der Waals surface area contributed by atoms with Gasteiger partial charge in [-0.2, -0.15) is 5.10 Å². The number of carboxylic acid groups (broad SMARTS) is 1. The Kier molecular flexibility index (Phi) is 6.09. The van der Waals surface area contributed by atoms with E-state index in [-0.39, 0.29) is 17.9 Å². The number of anilines is 1. The minimum absolute atomic E-state index is 0.110. The number of hydrogen-bond acceptors (Lipinski definition) is 3. The molecule has 0 saturated heterocycles. The molecule has 1 N–H and O–H groups in total. The first-order valence-corrected chi connectivity index (χ1v) is 9.85. The van der Waals surface area contributed by atoms with Gasteiger partial charge in [-0.25, -0.2) is 9.80 Å². The van der Waals surface area contributed by atoms with Crippen LogP contribution in [0.15, 0.2) is 63.7 Å². The van der Waals surface area contributed by atoms with Crippen molar-refractivity contribution in [2.45, 2.75) is 26.7 Å². The average Bonchev–Trinajstić information content (AvgIpc) is 2.99. The van der Waals surface area contributed by atoms with E-state index < -0.39 is 11.9 Å². The summed E-state index contributed by atoms with van der Waals surface area (Å²) in [5.41, 5.74) is 3.45. The van der Waals surface area contributed by atoms with E-state index >= 15 is 0 Å². The smallest absolute Gasteiger partial charge is 0.331 e. The van der Waals surface area contributed by atoms with E-state index in [1.165, 1.54) is 5.01 Å². The molecular weight excluding hydrogens is 420 g/mol. The van der Waals surface area contributed by atoms with E-state index in [9.17, 15) is 14.7 Å². The van der Waals surface area contributed by atoms with Crippen molar-refractivity contribution in [2.75, 3.05) is 5.01 Å². The lowest BCUT2D eigenvalue weighted by molar-refractivity contribution is -0.132. The Balaban J connectivity index is 1.87. The SMILES string of the molecule is CCC1=NN(c2ccc(C)cc2)C(=O)C1CC(=Cc1ccc(Br)cc1)C(=O)O. The predicted octanol–water partition coefficient (Wildman–Crippen LogP) is 5.04. The molecule has 2 aromatic rings. The lowest BCUT2D eigenvalue weighted by Gasteiger charge is -2.15. The third-order valence-electron chi connectivity index (χ3n) is 4.69. The fourth-order valence-corrected chi connectivity index (χ4v) is 3.38. The Labute approximate surface area is 172 Å². The lowest BCUT2D eigenvalue weighted by atomic mass is 9.92. The van der Waals surface area contributed by atoms with Crippen LogP contribution in [-0.4, -0.2) is 22.7 Å². The highest BCUT2D eigenvalue weighted by molar-refractivity contribution is 9.10. The van der Waals surface area contributed by atoms with Gasteiger partial charge in [-0.3, -0.25) is 4.79 Å². The van der Waals surface area contributed by atoms with Crippen molar-refractivity contribution in [3.8, 4) is 0 Å². The number of nitrogens with zero attached hydrogens (tertiary/aromatic N) is 2. The van der Waals surface area contributed by atoms with Gasteiger partial charge < -0.3 is 5.11 Å². The molecule has 0 aromatic heterocycles. The Morgan fingerprint density at radius 3 is 2.39 bits per heavy atom. The monoisotopic (exact) mass is 440 g/mol. The number of carbonyl (C=O) groups excluding carboxylic acids is 1. The minimum Gasteiger partial charge on any atom is -0.478 e. The van der Waals surface area contributed by atoms with Crippen LogP contribution in [0.5, 0.6) is 0 Å². The van der Waals surface area contributed by atoms with Crippen LogP contribution >= 0.6 is 15.9 Å². The fraction of sp³-hybridized carbons (Fsp3) is 0.227. The Hall–Kier alpha value is -2.73. The second-order valence-electron chi connectivity index (χ2n) is 6.71. The largest absolute Gasteiger partial charge is 0.478 e. The topological polar surface area (TPSA) is 70.0 Å². The summed E-state index contributed by atoms with van der Waals surface area (Å²) in [5.74, 6) is -1.78. The first-order chi connectivity index (χ1) is 13.4. The number of rotatable bonds is 6. The first-order valence-electron chi connectivity index (χ1n) is 9.06. The van der Waals surface area contributed by atoms with Crippen LogP contribution in [0.2, 0.25) is 0 Å². The zero-order chi connectivity index (χ0) is 20.3. The highest BCUT2D eigenvalue weighted by atomic mass is 79.9. The Morgan fingerprint density at radius 2 is 1.82 bits per heavy atom. The highest BCUT2D eigenvalue weighted by Crippen LogP contribution is 2.30. The summed E-state index contributed by atoms with van der Waals surface area (Å²) in [6.45, 7) is 3.90. The summed E-state index contributed by atoms with van der Waals surface area (Å²) >= 11 is 3.37. The maximum absolute atomic E-state index is 13.0. The Morgan fingerprint density at radius 1 is 1.18 bits per heavy atom. The highest BCUT2D eigenvalue weighted by Gasteiger charge is 2.37. The number of carbonyl (C=O) groups is 2. The van der Waals surface area contributed by atoms with Crippen LogP contribution in [-0.2, 0) is 9.59 Å². The predicted molar refractivity (Wildman–Crippen MR) is 114 cm³/mol. The number of amides is 1. The standard InChI is InChI=1S/C22H21BrN2O3/c1-3-20-19(21(26)25(24-20)18-10-4-14(2)5-11-18)13-16(22(27)28)12-15-6-8-17(23)9-7-15/h4-12,19H,3,13H2,1-2H3,(H,27,28). The molecule has 144 valence electrons. The van der Waals surface area contributed by atoms with Gasteiger partial charge in [-0.05, 0) is 55.7 Å². The molecule has 6 heteroatoms. The number of benzene rings is 2. The second kappa shape index (κ2) is 8.52. The van der Waals surface area contributed by atoms with Gasteiger partial charge in [0.1, 0.15) is 0 Å². The molecule has 1 aliphatic rings. The molecule has 0 spiro atoms. The van der Waals surface area contributed by atoms with E-state index in [0.717, 1.165) is 15.6 Å². The molecule has 0 aliphatic carbocycles. The van der Waals surface area contributed by atoms with Crippen LogP contribution < -0.4 is 5.01 Å². The quantitative estimate of drug-likeness (QED) is 0.639. The summed E-state index contributed by atoms with van der Waals surface area (Å²) in [6, 6.07) is 14.9. The summed E-state index contributed by atoms with van der Waals surface area (Å²) in [6.07, 6.45) is 2.31. The van der Waals surface area contributed by atoms with Crippen LogP contribution in [0.25, 0.3) is 6.08 Å². The Bertz CT molecular complexity index is 947. The molecule has 0 fully saturated rings. The maximum Gasteiger partial charge on any atom is 0.331 e. The van der Waals surface area contributed by atoms with Gasteiger partial charge in [-0.1, -0.05) is 52.7 Å². The van der Waals surface area contributed by atoms with Gasteiger partial charge in [0.05, 0.1) is 17.3 Å².